The maximum atomic E-state index is 13.0. The molecule has 0 aromatic heterocycles. The van der Waals surface area contributed by atoms with Crippen molar-refractivity contribution in [3.8, 4) is 0 Å². The minimum atomic E-state index is -0.731. The molecule has 2 atom stereocenters. The average Bonchev–Trinajstić information content (AvgIpc) is 2.60. The first-order chi connectivity index (χ1) is 11.5. The fourth-order valence-electron chi connectivity index (χ4n) is 2.77. The van der Waals surface area contributed by atoms with Crippen LogP contribution < -0.4 is 5.32 Å². The van der Waals surface area contributed by atoms with Crippen molar-refractivity contribution in [2.24, 2.45) is 5.92 Å². The summed E-state index contributed by atoms with van der Waals surface area (Å²) in [5, 5.41) is 5.06. The number of benzene rings is 2. The van der Waals surface area contributed by atoms with Crippen LogP contribution in [0, 0.1) is 5.92 Å². The number of methoxy groups -OCH3 is 1. The molecule has 0 aliphatic rings. The van der Waals surface area contributed by atoms with Gasteiger partial charge in [-0.25, -0.2) is 0 Å². The van der Waals surface area contributed by atoms with Crippen LogP contribution in [0.4, 0.5) is 4.39 Å². The number of ether oxygens (including phenoxy) is 1. The van der Waals surface area contributed by atoms with Crippen molar-refractivity contribution in [1.82, 2.24) is 5.32 Å². The van der Waals surface area contributed by atoms with Crippen LogP contribution in [0.15, 0.2) is 42.5 Å². The van der Waals surface area contributed by atoms with E-state index in [1.807, 2.05) is 49.4 Å². The normalized spacial score (nSPS) is 13.3. The molecular weight excluding hydrogens is 309 g/mol. The van der Waals surface area contributed by atoms with E-state index in [-0.39, 0.29) is 24.8 Å². The fourth-order valence-corrected chi connectivity index (χ4v) is 2.77. The first-order valence-electron chi connectivity index (χ1n) is 7.95. The maximum Gasteiger partial charge on any atom is 0.305 e. The Labute approximate surface area is 141 Å². The summed E-state index contributed by atoms with van der Waals surface area (Å²) in [6, 6.07) is 13.7. The Hall–Kier alpha value is -2.43. The van der Waals surface area contributed by atoms with Gasteiger partial charge < -0.3 is 10.1 Å². The van der Waals surface area contributed by atoms with Crippen molar-refractivity contribution < 1.29 is 18.7 Å². The molecule has 1 amide bonds. The summed E-state index contributed by atoms with van der Waals surface area (Å²) in [7, 11) is 1.25. The minimum absolute atomic E-state index is 0.0410. The molecule has 0 fully saturated rings. The number of carbonyl (C=O) groups is 2. The highest BCUT2D eigenvalue weighted by molar-refractivity contribution is 5.87. The Kier molecular flexibility index (Phi) is 6.29. The second kappa shape index (κ2) is 8.43. The number of rotatable bonds is 7. The molecule has 2 aromatic rings. The van der Waals surface area contributed by atoms with E-state index in [4.69, 9.17) is 0 Å². The Morgan fingerprint density at radius 3 is 2.54 bits per heavy atom. The highest BCUT2D eigenvalue weighted by atomic mass is 19.1. The third kappa shape index (κ3) is 4.54. The van der Waals surface area contributed by atoms with Crippen molar-refractivity contribution in [1.29, 1.82) is 0 Å². The number of nitrogens with one attached hydrogen (secondary N) is 1. The highest BCUT2D eigenvalue weighted by Gasteiger charge is 2.20. The molecule has 5 heteroatoms. The van der Waals surface area contributed by atoms with Gasteiger partial charge in [-0.3, -0.25) is 14.0 Å². The Balaban J connectivity index is 2.04. The minimum Gasteiger partial charge on any atom is -0.469 e. The molecule has 0 saturated heterocycles. The molecule has 24 heavy (non-hydrogen) atoms. The molecule has 1 N–H and O–H groups in total. The van der Waals surface area contributed by atoms with E-state index >= 15 is 0 Å². The van der Waals surface area contributed by atoms with Gasteiger partial charge in [0.1, 0.15) is 0 Å². The predicted molar refractivity (Wildman–Crippen MR) is 91.2 cm³/mol. The summed E-state index contributed by atoms with van der Waals surface area (Å²) in [6.45, 7) is 1.16. The third-order valence-corrected chi connectivity index (χ3v) is 4.04. The largest absolute Gasteiger partial charge is 0.469 e. The zero-order valence-electron chi connectivity index (χ0n) is 13.9. The van der Waals surface area contributed by atoms with E-state index in [0.717, 1.165) is 16.3 Å². The summed E-state index contributed by atoms with van der Waals surface area (Å²) >= 11 is 0. The number of hydrogen-bond donors (Lipinski definition) is 1. The number of fused-ring (bicyclic) bond motifs is 1. The second-order valence-electron chi connectivity index (χ2n) is 5.86. The third-order valence-electron chi connectivity index (χ3n) is 4.04. The lowest BCUT2D eigenvalue weighted by Gasteiger charge is -2.18. The molecule has 0 heterocycles. The van der Waals surface area contributed by atoms with Gasteiger partial charge in [0, 0.05) is 12.3 Å². The Morgan fingerprint density at radius 1 is 1.12 bits per heavy atom. The molecule has 4 nitrogen and oxygen atoms in total. The summed E-state index contributed by atoms with van der Waals surface area (Å²) in [6.07, 6.45) is -0.135. The molecule has 0 bridgehead atoms. The van der Waals surface area contributed by atoms with Gasteiger partial charge in [0.05, 0.1) is 26.2 Å². The van der Waals surface area contributed by atoms with Gasteiger partial charge in [0.25, 0.3) is 0 Å². The first-order valence-corrected chi connectivity index (χ1v) is 7.95. The van der Waals surface area contributed by atoms with E-state index in [1.54, 1.807) is 0 Å². The molecule has 0 aliphatic carbocycles. The summed E-state index contributed by atoms with van der Waals surface area (Å²) in [5.41, 5.74) is 1.01. The van der Waals surface area contributed by atoms with Gasteiger partial charge in [-0.1, -0.05) is 42.5 Å². The van der Waals surface area contributed by atoms with Crippen molar-refractivity contribution in [2.75, 3.05) is 13.8 Å². The fraction of sp³-hybridized carbons (Fsp3) is 0.368. The number of carbonyl (C=O) groups excluding carboxylic acids is 2. The molecule has 0 aliphatic heterocycles. The first kappa shape index (κ1) is 17.9. The van der Waals surface area contributed by atoms with Crippen molar-refractivity contribution in [2.45, 2.75) is 25.8 Å². The Morgan fingerprint density at radius 2 is 1.83 bits per heavy atom. The number of hydrogen-bond acceptors (Lipinski definition) is 3. The molecule has 2 rings (SSSR count). The SMILES string of the molecule is COC(=O)C[C@H](CF)CC(=O)N[C@@H](C)c1cccc2ccccc12. The standard InChI is InChI=1S/C19H22FNO3/c1-13(16-9-5-7-15-6-3-4-8-17(15)16)21-18(22)10-14(12-20)11-19(23)24-2/h3-9,13-14H,10-12H2,1-2H3,(H,21,22)/t13-,14+/m0/s1. The topological polar surface area (TPSA) is 55.4 Å². The van der Waals surface area contributed by atoms with Crippen LogP contribution in [0.5, 0.6) is 0 Å². The van der Waals surface area contributed by atoms with Crippen LogP contribution in [0.25, 0.3) is 10.8 Å². The zero-order valence-corrected chi connectivity index (χ0v) is 13.9. The smallest absolute Gasteiger partial charge is 0.305 e. The summed E-state index contributed by atoms with van der Waals surface area (Å²) in [4.78, 5) is 23.4. The molecule has 128 valence electrons. The van der Waals surface area contributed by atoms with Crippen LogP contribution in [0.2, 0.25) is 0 Å². The summed E-state index contributed by atoms with van der Waals surface area (Å²) in [5.74, 6) is -1.44. The summed E-state index contributed by atoms with van der Waals surface area (Å²) < 4.78 is 17.5. The predicted octanol–water partition coefficient (Wildman–Crippen LogP) is 3.56. The number of alkyl halides is 1. The van der Waals surface area contributed by atoms with Crippen LogP contribution >= 0.6 is 0 Å². The zero-order chi connectivity index (χ0) is 17.5. The molecular formula is C19H22FNO3. The molecule has 0 radical (unpaired) electrons. The van der Waals surface area contributed by atoms with E-state index in [9.17, 15) is 14.0 Å². The molecule has 0 spiro atoms. The van der Waals surface area contributed by atoms with Crippen LogP contribution in [-0.4, -0.2) is 25.7 Å². The quantitative estimate of drug-likeness (QED) is 0.789. The van der Waals surface area contributed by atoms with E-state index in [2.05, 4.69) is 10.1 Å². The van der Waals surface area contributed by atoms with Gasteiger partial charge in [0.2, 0.25) is 5.91 Å². The van der Waals surface area contributed by atoms with Gasteiger partial charge >= 0.3 is 5.97 Å². The molecule has 2 aromatic carbocycles. The Bertz CT molecular complexity index is 711. The second-order valence-corrected chi connectivity index (χ2v) is 5.86. The van der Waals surface area contributed by atoms with Crippen LogP contribution in [0.3, 0.4) is 0 Å². The number of esters is 1. The monoisotopic (exact) mass is 331 g/mol. The van der Waals surface area contributed by atoms with E-state index in [0.29, 0.717) is 0 Å². The lowest BCUT2D eigenvalue weighted by molar-refractivity contribution is -0.142. The highest BCUT2D eigenvalue weighted by Crippen LogP contribution is 2.24. The van der Waals surface area contributed by atoms with Crippen LogP contribution in [0.1, 0.15) is 31.4 Å². The van der Waals surface area contributed by atoms with Gasteiger partial charge in [-0.05, 0) is 23.3 Å². The molecule has 0 unspecified atom stereocenters. The maximum absolute atomic E-state index is 13.0. The van der Waals surface area contributed by atoms with Gasteiger partial charge in [-0.2, -0.15) is 0 Å². The lowest BCUT2D eigenvalue weighted by Crippen LogP contribution is -2.29. The van der Waals surface area contributed by atoms with Crippen molar-refractivity contribution in [3.05, 3.63) is 48.0 Å². The van der Waals surface area contributed by atoms with E-state index in [1.165, 1.54) is 7.11 Å². The van der Waals surface area contributed by atoms with Gasteiger partial charge in [0.15, 0.2) is 0 Å². The van der Waals surface area contributed by atoms with Crippen LogP contribution in [-0.2, 0) is 14.3 Å². The molecule has 0 saturated carbocycles. The van der Waals surface area contributed by atoms with Gasteiger partial charge in [-0.15, -0.1) is 0 Å². The number of halogens is 1. The van der Waals surface area contributed by atoms with Crippen molar-refractivity contribution >= 4 is 22.6 Å². The lowest BCUT2D eigenvalue weighted by atomic mass is 9.98. The average molecular weight is 331 g/mol. The van der Waals surface area contributed by atoms with Crippen molar-refractivity contribution in [3.63, 3.8) is 0 Å². The van der Waals surface area contributed by atoms with E-state index < -0.39 is 18.6 Å². The number of amides is 1.